The van der Waals surface area contributed by atoms with Gasteiger partial charge in [-0.05, 0) is 42.0 Å². The molecule has 1 aliphatic carbocycles. The van der Waals surface area contributed by atoms with Crippen molar-refractivity contribution in [2.45, 2.75) is 127 Å². The molecule has 0 spiro atoms. The van der Waals surface area contributed by atoms with Gasteiger partial charge in [-0.15, -0.1) is 0 Å². The average molecular weight is 734 g/mol. The maximum absolute atomic E-state index is 14.5. The highest BCUT2D eigenvalue weighted by molar-refractivity contribution is 5.94. The summed E-state index contributed by atoms with van der Waals surface area (Å²) in [5.41, 5.74) is 1.36. The van der Waals surface area contributed by atoms with Crippen LogP contribution in [0.2, 0.25) is 0 Å². The summed E-state index contributed by atoms with van der Waals surface area (Å²) in [5.74, 6) is -1.81. The number of hydroxylamine groups is 2. The summed E-state index contributed by atoms with van der Waals surface area (Å²) in [6.07, 6.45) is 9.51. The minimum absolute atomic E-state index is 0.0204. The summed E-state index contributed by atoms with van der Waals surface area (Å²) in [7, 11) is 0. The summed E-state index contributed by atoms with van der Waals surface area (Å²) < 4.78 is 19.9. The zero-order valence-electron chi connectivity index (χ0n) is 31.0. The van der Waals surface area contributed by atoms with Crippen LogP contribution in [0, 0.1) is 5.41 Å². The monoisotopic (exact) mass is 733 g/mol. The number of esters is 1. The Morgan fingerprint density at radius 2 is 1.66 bits per heavy atom. The molecule has 6 atom stereocenters. The van der Waals surface area contributed by atoms with Gasteiger partial charge in [-0.25, -0.2) is 0 Å². The molecular weight excluding hydrogens is 678 g/mol. The first-order chi connectivity index (χ1) is 25.7. The number of hydrogen-bond donors (Lipinski definition) is 4. The number of hydrogen-bond acceptors (Lipinski definition) is 10. The zero-order chi connectivity index (χ0) is 37.4. The third-order valence-corrected chi connectivity index (χ3v) is 11.0. The molecule has 0 radical (unpaired) electrons. The number of fused-ring (bicyclic) bond motifs is 4. The highest BCUT2D eigenvalue weighted by Gasteiger charge is 2.76. The van der Waals surface area contributed by atoms with Crippen LogP contribution in [-0.4, -0.2) is 89.0 Å². The highest BCUT2D eigenvalue weighted by Crippen LogP contribution is 2.58. The van der Waals surface area contributed by atoms with Crippen molar-refractivity contribution in [2.24, 2.45) is 5.41 Å². The lowest BCUT2D eigenvalue weighted by Gasteiger charge is -2.48. The highest BCUT2D eigenvalue weighted by atomic mass is 16.8. The summed E-state index contributed by atoms with van der Waals surface area (Å²) >= 11 is 0. The number of aromatic hydroxyl groups is 1. The topological polar surface area (TPSA) is 156 Å². The van der Waals surface area contributed by atoms with E-state index in [2.05, 4.69) is 24.5 Å². The van der Waals surface area contributed by atoms with E-state index in [4.69, 9.17) is 24.2 Å². The number of rotatable bonds is 19. The Bertz CT molecular complexity index is 1590. The number of unbranched alkanes of at least 4 members (excludes halogenated alkanes) is 4. The average Bonchev–Trinajstić information content (AvgIpc) is 3.71. The van der Waals surface area contributed by atoms with Gasteiger partial charge in [-0.1, -0.05) is 94.1 Å². The number of ether oxygens (including phenoxy) is 3. The van der Waals surface area contributed by atoms with Gasteiger partial charge in [-0.2, -0.15) is 5.06 Å². The molecule has 2 amide bonds. The predicted molar refractivity (Wildman–Crippen MR) is 197 cm³/mol. The van der Waals surface area contributed by atoms with Crippen molar-refractivity contribution in [1.29, 1.82) is 0 Å². The lowest BCUT2D eigenvalue weighted by atomic mass is 9.62. The van der Waals surface area contributed by atoms with Gasteiger partial charge in [0, 0.05) is 38.8 Å². The van der Waals surface area contributed by atoms with Gasteiger partial charge in [0.15, 0.2) is 11.8 Å². The molecule has 0 aromatic heterocycles. The molecule has 12 nitrogen and oxygen atoms in total. The van der Waals surface area contributed by atoms with E-state index in [9.17, 15) is 19.5 Å². The van der Waals surface area contributed by atoms with Crippen LogP contribution in [0.5, 0.6) is 5.75 Å². The Kier molecular flexibility index (Phi) is 12.9. The van der Waals surface area contributed by atoms with Gasteiger partial charge in [0.25, 0.3) is 0 Å². The van der Waals surface area contributed by atoms with Crippen molar-refractivity contribution in [1.82, 2.24) is 15.7 Å². The third-order valence-electron chi connectivity index (χ3n) is 11.0. The number of nitrogens with one attached hydrogen (secondary N) is 2. The minimum Gasteiger partial charge on any atom is -0.508 e. The number of allylic oxidation sites excluding steroid dienone is 1. The molecule has 288 valence electrons. The molecule has 3 aliphatic heterocycles. The SMILES string of the molecule is CCCCCC1(CCCCC)O[C@@H]2[C@H](O1)[C@H]1ON(Cc3ccc(C=CCc4ccccc4O)cc3)[C@H]3C(=O)O[C@@H]2C[C@@]13C(=O)NCCC(=O)NCCO. The van der Waals surface area contributed by atoms with Gasteiger partial charge < -0.3 is 35.1 Å². The van der Waals surface area contributed by atoms with E-state index in [1.165, 1.54) is 0 Å². The van der Waals surface area contributed by atoms with Crippen molar-refractivity contribution in [3.63, 3.8) is 0 Å². The number of para-hydroxylation sites is 1. The largest absolute Gasteiger partial charge is 0.508 e. The minimum atomic E-state index is -1.33. The van der Waals surface area contributed by atoms with E-state index in [1.807, 2.05) is 48.6 Å². The smallest absolute Gasteiger partial charge is 0.327 e. The van der Waals surface area contributed by atoms with Crippen molar-refractivity contribution >= 4 is 23.9 Å². The molecule has 6 rings (SSSR count). The number of carbonyl (C=O) groups excluding carboxylic acids is 3. The van der Waals surface area contributed by atoms with Crippen LogP contribution in [0.25, 0.3) is 6.08 Å². The Labute approximate surface area is 312 Å². The van der Waals surface area contributed by atoms with E-state index < -0.39 is 47.6 Å². The first kappa shape index (κ1) is 38.9. The Morgan fingerprint density at radius 3 is 2.36 bits per heavy atom. The van der Waals surface area contributed by atoms with E-state index in [0.717, 1.165) is 55.2 Å². The number of phenols is 1. The number of aliphatic hydroxyl groups excluding tert-OH is 1. The van der Waals surface area contributed by atoms with Gasteiger partial charge in [0.1, 0.15) is 35.6 Å². The van der Waals surface area contributed by atoms with Gasteiger partial charge in [-0.3, -0.25) is 19.2 Å². The number of aliphatic hydroxyl groups is 1. The van der Waals surface area contributed by atoms with Crippen molar-refractivity contribution in [2.75, 3.05) is 19.7 Å². The summed E-state index contributed by atoms with van der Waals surface area (Å²) in [4.78, 5) is 47.5. The van der Waals surface area contributed by atoms with Crippen LogP contribution in [0.4, 0.5) is 0 Å². The lowest BCUT2D eigenvalue weighted by molar-refractivity contribution is -0.224. The second-order valence-electron chi connectivity index (χ2n) is 14.8. The van der Waals surface area contributed by atoms with Crippen molar-refractivity contribution < 1.29 is 43.6 Å². The number of carbonyl (C=O) groups is 3. The molecule has 2 bridgehead atoms. The van der Waals surface area contributed by atoms with Crippen LogP contribution in [0.1, 0.15) is 94.7 Å². The van der Waals surface area contributed by atoms with Crippen LogP contribution >= 0.6 is 0 Å². The number of benzene rings is 2. The Hall–Kier alpha value is -3.81. The zero-order valence-corrected chi connectivity index (χ0v) is 31.0. The fourth-order valence-electron chi connectivity index (χ4n) is 8.35. The molecule has 4 N–H and O–H groups in total. The summed E-state index contributed by atoms with van der Waals surface area (Å²) in [6, 6.07) is 14.1. The van der Waals surface area contributed by atoms with E-state index in [-0.39, 0.29) is 56.6 Å². The molecule has 53 heavy (non-hydrogen) atoms. The van der Waals surface area contributed by atoms with Gasteiger partial charge in [0.2, 0.25) is 11.8 Å². The van der Waals surface area contributed by atoms with Crippen LogP contribution < -0.4 is 10.6 Å². The van der Waals surface area contributed by atoms with E-state index in [1.54, 1.807) is 17.2 Å². The fourth-order valence-corrected chi connectivity index (χ4v) is 8.35. The lowest BCUT2D eigenvalue weighted by Crippen LogP contribution is -2.69. The maximum atomic E-state index is 14.5. The number of nitrogens with zero attached hydrogens (tertiary/aromatic N) is 1. The molecule has 4 aliphatic rings. The standard InChI is InChI=1S/C41H55N3O9/c1-3-5-9-21-40(22-10-6-4-2)51-34-32-26-41(39(49)43-23-20-33(47)42-24-25-45)36(38(48)50-32)44(53-37(41)35(34)52-40)27-29-18-16-28(17-19-29)12-11-14-30-13-7-8-15-31(30)46/h7-8,11-13,15-19,32,34-37,45-46H,3-6,9-10,14,20-27H2,1-2H3,(H,42,47)(H,43,49)/t32-,34+,35+,36+,37-,41+/m1/s1. The molecule has 1 saturated carbocycles. The fraction of sp³-hybridized carbons (Fsp3) is 0.585. The van der Waals surface area contributed by atoms with Crippen LogP contribution in [0.3, 0.4) is 0 Å². The van der Waals surface area contributed by atoms with Crippen LogP contribution in [-0.2, 0) is 46.4 Å². The first-order valence-corrected chi connectivity index (χ1v) is 19.4. The molecule has 4 fully saturated rings. The first-order valence-electron chi connectivity index (χ1n) is 19.4. The maximum Gasteiger partial charge on any atom is 0.327 e. The van der Waals surface area contributed by atoms with Crippen molar-refractivity contribution in [3.05, 3.63) is 71.3 Å². The number of phenolic OH excluding ortho intramolecular Hbond substituents is 1. The second-order valence-corrected chi connectivity index (χ2v) is 14.8. The normalized spacial score (nSPS) is 27.1. The van der Waals surface area contributed by atoms with Gasteiger partial charge in [0.05, 0.1) is 13.2 Å². The Balaban J connectivity index is 1.24. The molecule has 3 saturated heterocycles. The van der Waals surface area contributed by atoms with E-state index in [0.29, 0.717) is 19.3 Å². The third kappa shape index (κ3) is 8.47. The molecule has 12 heteroatoms. The quantitative estimate of drug-likeness (QED) is 0.118. The molecular formula is C41H55N3O9. The molecule has 2 aromatic carbocycles. The van der Waals surface area contributed by atoms with Gasteiger partial charge >= 0.3 is 5.97 Å². The molecule has 0 unspecified atom stereocenters. The predicted octanol–water partition coefficient (Wildman–Crippen LogP) is 4.70. The summed E-state index contributed by atoms with van der Waals surface area (Å²) in [6.45, 7) is 4.54. The summed E-state index contributed by atoms with van der Waals surface area (Å²) in [5, 5.41) is 26.3. The van der Waals surface area contributed by atoms with Crippen LogP contribution in [0.15, 0.2) is 54.6 Å². The second kappa shape index (κ2) is 17.6. The molecule has 2 aromatic rings. The molecule has 3 heterocycles. The van der Waals surface area contributed by atoms with E-state index >= 15 is 0 Å². The van der Waals surface area contributed by atoms with Crippen molar-refractivity contribution in [3.8, 4) is 5.75 Å². The number of amides is 2. The Morgan fingerprint density at radius 1 is 0.943 bits per heavy atom.